The molecule has 4 aliphatic heterocycles. The molecule has 4 radical (unpaired) electrons. The maximum atomic E-state index is 10.7. The monoisotopic (exact) mass is 1630 g/mol. The Morgan fingerprint density at radius 1 is 0.320 bits per heavy atom. The third-order valence-corrected chi connectivity index (χ3v) is 14.5. The Kier molecular flexibility index (Phi) is 33.2. The second-order valence-corrected chi connectivity index (χ2v) is 20.4. The Balaban J connectivity index is 0.000000317. The average Bonchev–Trinajstić information content (AvgIpc) is 1.83. The van der Waals surface area contributed by atoms with Crippen LogP contribution in [0.3, 0.4) is 0 Å². The van der Waals surface area contributed by atoms with E-state index in [0.29, 0.717) is 70.8 Å². The van der Waals surface area contributed by atoms with Crippen LogP contribution in [0.25, 0.3) is 0 Å². The van der Waals surface area contributed by atoms with Crippen LogP contribution in [0.1, 0.15) is 122 Å². The molecular formula is C78H66N10O8Y4-8. The Bertz CT molecular complexity index is 4470. The zero-order valence-electron chi connectivity index (χ0n) is 56.2. The Morgan fingerprint density at radius 2 is 0.590 bits per heavy atom. The minimum Gasteiger partial charge on any atom is -0.559 e. The Labute approximate surface area is 683 Å². The number of hydrogen-bond donors (Lipinski definition) is 8. The third-order valence-electron chi connectivity index (χ3n) is 14.5. The van der Waals surface area contributed by atoms with Crippen LogP contribution in [0.2, 0.25) is 0 Å². The summed E-state index contributed by atoms with van der Waals surface area (Å²) in [6.07, 6.45) is 21.0. The van der Waals surface area contributed by atoms with Crippen LogP contribution >= 0.6 is 0 Å². The number of benzene rings is 8. The van der Waals surface area contributed by atoms with E-state index in [4.69, 9.17) is 0 Å². The zero-order valence-corrected chi connectivity index (χ0v) is 67.6. The van der Waals surface area contributed by atoms with Gasteiger partial charge < -0.3 is 89.0 Å². The molecule has 18 nitrogen and oxygen atoms in total. The van der Waals surface area contributed by atoms with Gasteiger partial charge in [0, 0.05) is 202 Å². The molecule has 6 heterocycles. The molecule has 10 aromatic rings. The minimum absolute atomic E-state index is 0. The van der Waals surface area contributed by atoms with Crippen LogP contribution in [-0.2, 0) is 157 Å². The van der Waals surface area contributed by atoms with E-state index >= 15 is 0 Å². The number of aromatic nitrogens is 2. The van der Waals surface area contributed by atoms with E-state index < -0.39 is 0 Å². The third kappa shape index (κ3) is 20.3. The number of phenolic OH excluding ortho intramolecular Hbond substituents is 8. The molecule has 2 aromatic heterocycles. The fourth-order valence-corrected chi connectivity index (χ4v) is 10.1. The van der Waals surface area contributed by atoms with Gasteiger partial charge in [0.2, 0.25) is 0 Å². The zero-order chi connectivity index (χ0) is 68.4. The normalized spacial score (nSPS) is 12.3. The number of aromatic hydroxyl groups is 8. The summed E-state index contributed by atoms with van der Waals surface area (Å²) in [4.78, 5) is 42.8. The van der Waals surface area contributed by atoms with E-state index in [1.807, 2.05) is 152 Å². The largest absolute Gasteiger partial charge is 0.559 e. The van der Waals surface area contributed by atoms with E-state index in [1.54, 1.807) is 0 Å². The molecule has 22 heteroatoms. The predicted octanol–water partition coefficient (Wildman–Crippen LogP) is 16.3. The Hall–Kier alpha value is -7.76. The summed E-state index contributed by atoms with van der Waals surface area (Å²) in [5.74, 6) is -0.620. The number of rotatable bonds is 12. The standard InChI is InChI=1S/2C35H21N5O4.4C2H6.4Y/c41-32-14-26(30-9-20-5-1-3-7-28(20)39-30)34(43)11-22(32)16-37-24-13-25(19-36-18-24)38-17-23-12-35(44)27(15-33(23)42)31-10-21-6-2-4-8-29(21)40-31;41-31-15-25(29-11-20-5-1-3-7-27(20)39-29)33(43)13-22(31)17-36-24-9-10-35(38-19-24)37-18-23-14-34(44)26(16-32(23)42)30-12-21-6-2-4-8-28(21)40-30;4*1-2;;;;/h1-8,11-15,41-44H,9-10H2;1-9,13-16,41-44H,11-12H2;4*1-2H3;;;;/q2*-4;;;;;;;;. The number of fused-ring (bicyclic) bond motifs is 4. The van der Waals surface area contributed by atoms with Crippen LogP contribution < -0.4 is 0 Å². The fraction of sp³-hybridized carbons (Fsp3) is 0.154. The van der Waals surface area contributed by atoms with Crippen LogP contribution in [0, 0.1) is 24.7 Å². The van der Waals surface area contributed by atoms with Crippen LogP contribution in [-0.4, -0.2) is 98.5 Å². The van der Waals surface area contributed by atoms with E-state index in [2.05, 4.69) is 99.4 Å². The van der Waals surface area contributed by atoms with Gasteiger partial charge in [0.1, 0.15) is 0 Å². The number of hydrogen-bond acceptors (Lipinski definition) is 18. The summed E-state index contributed by atoms with van der Waals surface area (Å²) in [5, 5.41) is 85.0. The number of nitrogens with zero attached hydrogens (tertiary/aromatic N) is 10. The van der Waals surface area contributed by atoms with Crippen LogP contribution in [0.15, 0.2) is 198 Å². The molecule has 0 amide bonds. The first-order valence-electron chi connectivity index (χ1n) is 31.2. The summed E-state index contributed by atoms with van der Waals surface area (Å²) in [6.45, 7) is 16.0. The van der Waals surface area contributed by atoms with E-state index in [9.17, 15) is 40.9 Å². The topological polar surface area (TPSA) is 286 Å². The molecule has 0 unspecified atom stereocenters. The summed E-state index contributed by atoms with van der Waals surface area (Å²) >= 11 is 0. The van der Waals surface area contributed by atoms with E-state index in [-0.39, 0.29) is 222 Å². The van der Waals surface area contributed by atoms with Gasteiger partial charge in [-0.15, -0.1) is 0 Å². The van der Waals surface area contributed by atoms with Gasteiger partial charge in [-0.25, -0.2) is 11.4 Å². The van der Waals surface area contributed by atoms with Gasteiger partial charge in [0.25, 0.3) is 0 Å². The van der Waals surface area contributed by atoms with Crippen molar-refractivity contribution in [2.24, 2.45) is 39.9 Å². The molecule has 4 aliphatic rings. The summed E-state index contributed by atoms with van der Waals surface area (Å²) < 4.78 is 0. The number of pyridine rings is 2. The van der Waals surface area contributed by atoms with Crippen LogP contribution in [0.5, 0.6) is 46.0 Å². The molecule has 0 saturated carbocycles. The van der Waals surface area contributed by atoms with E-state index in [0.717, 1.165) is 45.0 Å². The molecule has 496 valence electrons. The summed E-state index contributed by atoms with van der Waals surface area (Å²) in [6, 6.07) is 47.9. The van der Waals surface area contributed by atoms with Gasteiger partial charge in [-0.1, -0.05) is 199 Å². The maximum Gasteiger partial charge on any atom is 0.0835 e. The van der Waals surface area contributed by atoms with Crippen LogP contribution in [0.4, 0.5) is 45.6 Å². The van der Waals surface area contributed by atoms with Crippen molar-refractivity contribution in [2.75, 3.05) is 0 Å². The molecule has 8 aromatic carbocycles. The number of aliphatic imine (C=N–C) groups is 8. The van der Waals surface area contributed by atoms with Crippen molar-refractivity contribution in [1.29, 1.82) is 0 Å². The smallest absolute Gasteiger partial charge is 0.0835 e. The van der Waals surface area contributed by atoms with Crippen molar-refractivity contribution in [1.82, 2.24) is 9.97 Å². The Morgan fingerprint density at radius 3 is 0.860 bits per heavy atom. The molecule has 14 rings (SSSR count). The first-order chi connectivity index (χ1) is 46.8. The average molecular weight is 1630 g/mol. The van der Waals surface area contributed by atoms with Gasteiger partial charge in [0.05, 0.1) is 68.6 Å². The molecule has 0 spiro atoms. The van der Waals surface area contributed by atoms with Crippen molar-refractivity contribution in [3.8, 4) is 46.0 Å². The first kappa shape index (κ1) is 82.9. The van der Waals surface area contributed by atoms with Gasteiger partial charge in [-0.2, -0.15) is 11.9 Å². The molecule has 100 heavy (non-hydrogen) atoms. The van der Waals surface area contributed by atoms with Gasteiger partial charge >= 0.3 is 0 Å². The van der Waals surface area contributed by atoms with E-state index in [1.165, 1.54) is 60.7 Å². The fourth-order valence-electron chi connectivity index (χ4n) is 10.1. The molecule has 0 atom stereocenters. The summed E-state index contributed by atoms with van der Waals surface area (Å²) in [5.41, 5.74) is 13.3. The maximum absolute atomic E-state index is 10.7. The predicted molar refractivity (Wildman–Crippen MR) is 378 cm³/mol. The second kappa shape index (κ2) is 40.0. The van der Waals surface area contributed by atoms with Crippen molar-refractivity contribution in [3.05, 3.63) is 249 Å². The van der Waals surface area contributed by atoms with Crippen molar-refractivity contribution in [3.63, 3.8) is 0 Å². The molecular weight excluding hydrogens is 1560 g/mol. The molecule has 0 saturated heterocycles. The molecule has 0 fully saturated rings. The quantitative estimate of drug-likeness (QED) is 0.0325. The summed E-state index contributed by atoms with van der Waals surface area (Å²) in [7, 11) is 0. The van der Waals surface area contributed by atoms with Crippen molar-refractivity contribution < 1.29 is 172 Å². The van der Waals surface area contributed by atoms with Gasteiger partial charge in [0.15, 0.2) is 0 Å². The van der Waals surface area contributed by atoms with Gasteiger partial charge in [-0.3, -0.25) is 32.4 Å². The molecule has 0 aliphatic carbocycles. The van der Waals surface area contributed by atoms with Gasteiger partial charge in [-0.05, 0) is 77.2 Å². The number of phenols is 8. The first-order valence-corrected chi connectivity index (χ1v) is 31.2. The van der Waals surface area contributed by atoms with Crippen molar-refractivity contribution >= 4 is 93.3 Å². The number of para-hydroxylation sites is 4. The SMILES string of the molecule is CC.CC.CC.CC.Oc1cc(C2=Nc3ccccc3C2)c(O)cc1[C-]=Nc1[c-]n[c-]c(N=[C-]c2cc(O)c(C3=Nc4ccccc4C3)cc2O)c1.Oc1cc(C2=Nc3ccccc3C2)c(O)cc1[C-]=Nc1[c-]nc(N=[C-]c2cc(O)c(C3=Nc4ccccc4C3)cc2O)[c-]c1.[Y].[Y].[Y].[Y]. The van der Waals surface area contributed by atoms with Crippen molar-refractivity contribution in [2.45, 2.75) is 81.1 Å². The minimum atomic E-state index is -0.131. The second-order valence-electron chi connectivity index (χ2n) is 20.4. The molecule has 0 bridgehead atoms. The molecule has 8 N–H and O–H groups in total.